The highest BCUT2D eigenvalue weighted by Crippen LogP contribution is 2.38. The summed E-state index contributed by atoms with van der Waals surface area (Å²) >= 11 is 0. The van der Waals surface area contributed by atoms with Gasteiger partial charge < -0.3 is 0 Å². The van der Waals surface area contributed by atoms with Gasteiger partial charge in [0.15, 0.2) is 23.3 Å². The summed E-state index contributed by atoms with van der Waals surface area (Å²) in [4.78, 5) is 0. The summed E-state index contributed by atoms with van der Waals surface area (Å²) in [5.74, 6) is -2.79. The number of allylic oxidation sites excluding steroid dienone is 4. The van der Waals surface area contributed by atoms with Crippen molar-refractivity contribution < 1.29 is 17.6 Å². The van der Waals surface area contributed by atoms with Gasteiger partial charge in [-0.25, -0.2) is 17.6 Å². The first-order valence-electron chi connectivity index (χ1n) is 11.2. The number of rotatable bonds is 7. The second-order valence-corrected chi connectivity index (χ2v) is 9.00. The summed E-state index contributed by atoms with van der Waals surface area (Å²) in [6.45, 7) is 10.6. The van der Waals surface area contributed by atoms with Crippen molar-refractivity contribution in [1.29, 1.82) is 0 Å². The third-order valence-corrected chi connectivity index (χ3v) is 6.43. The van der Waals surface area contributed by atoms with Gasteiger partial charge in [0.2, 0.25) is 0 Å². The molecule has 0 radical (unpaired) electrons. The van der Waals surface area contributed by atoms with Gasteiger partial charge in [-0.1, -0.05) is 69.3 Å². The molecule has 1 aliphatic carbocycles. The van der Waals surface area contributed by atoms with Crippen molar-refractivity contribution in [3.8, 4) is 11.1 Å². The fraction of sp³-hybridized carbons (Fsp3) is 0.357. The first kappa shape index (κ1) is 24.0. The summed E-state index contributed by atoms with van der Waals surface area (Å²) in [7, 11) is 0. The SMILES string of the molecule is C=C(C)/C(F)=C(/F)C(=C)CCc1ccc(-c2ccc(C3CCC(C)CC3)c(F)c2F)cc1. The average molecular weight is 443 g/mol. The van der Waals surface area contributed by atoms with Crippen molar-refractivity contribution in [2.75, 3.05) is 0 Å². The Morgan fingerprint density at radius 2 is 1.50 bits per heavy atom. The van der Waals surface area contributed by atoms with Crippen LogP contribution in [-0.2, 0) is 6.42 Å². The molecular weight excluding hydrogens is 412 g/mol. The molecule has 4 heteroatoms. The Bertz CT molecular complexity index is 1020. The normalized spacial score (nSPS) is 19.4. The van der Waals surface area contributed by atoms with Crippen LogP contribution in [0.4, 0.5) is 17.6 Å². The van der Waals surface area contributed by atoms with E-state index < -0.39 is 23.3 Å². The van der Waals surface area contributed by atoms with Gasteiger partial charge in [0.05, 0.1) is 0 Å². The van der Waals surface area contributed by atoms with Crippen molar-refractivity contribution in [2.24, 2.45) is 5.92 Å². The molecule has 0 unspecified atom stereocenters. The molecule has 0 aliphatic heterocycles. The maximum absolute atomic E-state index is 14.9. The summed E-state index contributed by atoms with van der Waals surface area (Å²) in [6, 6.07) is 10.4. The van der Waals surface area contributed by atoms with Gasteiger partial charge >= 0.3 is 0 Å². The lowest BCUT2D eigenvalue weighted by molar-refractivity contribution is 0.339. The van der Waals surface area contributed by atoms with E-state index in [9.17, 15) is 17.6 Å². The smallest absolute Gasteiger partial charge is 0.166 e. The maximum Gasteiger partial charge on any atom is 0.166 e. The molecule has 0 bridgehead atoms. The van der Waals surface area contributed by atoms with E-state index in [0.29, 0.717) is 23.5 Å². The molecule has 0 heterocycles. The van der Waals surface area contributed by atoms with Crippen molar-refractivity contribution in [3.05, 3.63) is 95.1 Å². The summed E-state index contributed by atoms with van der Waals surface area (Å²) in [5.41, 5.74) is 2.23. The molecule has 0 amide bonds. The molecule has 3 rings (SSSR count). The molecule has 0 atom stereocenters. The van der Waals surface area contributed by atoms with Crippen molar-refractivity contribution in [1.82, 2.24) is 0 Å². The van der Waals surface area contributed by atoms with Gasteiger partial charge in [0.1, 0.15) is 0 Å². The molecule has 0 spiro atoms. The topological polar surface area (TPSA) is 0 Å². The second-order valence-electron chi connectivity index (χ2n) is 9.00. The van der Waals surface area contributed by atoms with E-state index in [0.717, 1.165) is 31.2 Å². The number of aryl methyl sites for hydroxylation is 1. The first-order valence-corrected chi connectivity index (χ1v) is 11.2. The first-order chi connectivity index (χ1) is 15.2. The zero-order valence-electron chi connectivity index (χ0n) is 18.8. The van der Waals surface area contributed by atoms with Crippen molar-refractivity contribution in [3.63, 3.8) is 0 Å². The van der Waals surface area contributed by atoms with Crippen LogP contribution >= 0.6 is 0 Å². The highest BCUT2D eigenvalue weighted by Gasteiger charge is 2.25. The van der Waals surface area contributed by atoms with Crippen molar-refractivity contribution in [2.45, 2.75) is 58.3 Å². The predicted molar refractivity (Wildman–Crippen MR) is 124 cm³/mol. The Morgan fingerprint density at radius 3 is 2.09 bits per heavy atom. The van der Waals surface area contributed by atoms with Crippen molar-refractivity contribution >= 4 is 0 Å². The second kappa shape index (κ2) is 10.3. The van der Waals surface area contributed by atoms with E-state index in [-0.39, 0.29) is 29.0 Å². The molecule has 0 nitrogen and oxygen atoms in total. The molecule has 1 saturated carbocycles. The zero-order chi connectivity index (χ0) is 23.4. The molecule has 2 aromatic rings. The standard InChI is InChI=1S/C28H30F4/c1-17(2)25(29)26(30)19(4)7-8-20-9-13-22(14-10-20)24-16-15-23(27(31)28(24)32)21-11-5-18(3)6-12-21/h9-10,13-16,18,21H,1,4-8,11-12H2,2-3H3/b26-25-. The summed E-state index contributed by atoms with van der Waals surface area (Å²) in [6.07, 6.45) is 4.56. The fourth-order valence-electron chi connectivity index (χ4n) is 4.27. The van der Waals surface area contributed by atoms with Gasteiger partial charge in [0.25, 0.3) is 0 Å². The Hall–Kier alpha value is -2.62. The minimum atomic E-state index is -0.978. The average Bonchev–Trinajstić information content (AvgIpc) is 2.79. The molecule has 1 aliphatic rings. The van der Waals surface area contributed by atoms with E-state index in [2.05, 4.69) is 20.1 Å². The van der Waals surface area contributed by atoms with E-state index in [4.69, 9.17) is 0 Å². The molecule has 0 N–H and O–H groups in total. The van der Waals surface area contributed by atoms with Crippen LogP contribution in [0.1, 0.15) is 63.0 Å². The van der Waals surface area contributed by atoms with E-state index in [1.54, 1.807) is 36.4 Å². The highest BCUT2D eigenvalue weighted by atomic mass is 19.2. The molecule has 170 valence electrons. The lowest BCUT2D eigenvalue weighted by atomic mass is 9.79. The molecular formula is C28H30F4. The summed E-state index contributed by atoms with van der Waals surface area (Å²) < 4.78 is 57.4. The lowest BCUT2D eigenvalue weighted by Crippen LogP contribution is -2.13. The van der Waals surface area contributed by atoms with Gasteiger partial charge in [-0.2, -0.15) is 0 Å². The molecule has 0 saturated heterocycles. The van der Waals surface area contributed by atoms with Gasteiger partial charge in [-0.15, -0.1) is 0 Å². The third-order valence-electron chi connectivity index (χ3n) is 6.43. The fourth-order valence-corrected chi connectivity index (χ4v) is 4.27. The number of hydrogen-bond donors (Lipinski definition) is 0. The van der Waals surface area contributed by atoms with Gasteiger partial charge in [-0.05, 0) is 72.3 Å². The Kier molecular flexibility index (Phi) is 7.76. The van der Waals surface area contributed by atoms with Crippen LogP contribution < -0.4 is 0 Å². The largest absolute Gasteiger partial charge is 0.203 e. The number of benzene rings is 2. The van der Waals surface area contributed by atoms with Crippen LogP contribution in [0.15, 0.2) is 72.4 Å². The third kappa shape index (κ3) is 5.40. The summed E-state index contributed by atoms with van der Waals surface area (Å²) in [5, 5.41) is 0. The Balaban J connectivity index is 1.71. The van der Waals surface area contributed by atoms with Crippen LogP contribution in [-0.4, -0.2) is 0 Å². The van der Waals surface area contributed by atoms with Gasteiger partial charge in [-0.3, -0.25) is 0 Å². The van der Waals surface area contributed by atoms with Crippen LogP contribution in [0, 0.1) is 17.6 Å². The van der Waals surface area contributed by atoms with Gasteiger partial charge in [0, 0.05) is 5.56 Å². The quantitative estimate of drug-likeness (QED) is 0.296. The van der Waals surface area contributed by atoms with Crippen LogP contribution in [0.25, 0.3) is 11.1 Å². The van der Waals surface area contributed by atoms with Crippen LogP contribution in [0.2, 0.25) is 0 Å². The monoisotopic (exact) mass is 442 g/mol. The molecule has 1 fully saturated rings. The lowest BCUT2D eigenvalue weighted by Gasteiger charge is -2.27. The molecule has 32 heavy (non-hydrogen) atoms. The van der Waals surface area contributed by atoms with Crippen LogP contribution in [0.3, 0.4) is 0 Å². The van der Waals surface area contributed by atoms with Crippen LogP contribution in [0.5, 0.6) is 0 Å². The van der Waals surface area contributed by atoms with E-state index in [1.165, 1.54) is 6.92 Å². The van der Waals surface area contributed by atoms with E-state index >= 15 is 0 Å². The zero-order valence-corrected chi connectivity index (χ0v) is 18.8. The highest BCUT2D eigenvalue weighted by molar-refractivity contribution is 5.65. The Morgan fingerprint density at radius 1 is 0.875 bits per heavy atom. The molecule has 2 aromatic carbocycles. The number of hydrogen-bond acceptors (Lipinski definition) is 0. The van der Waals surface area contributed by atoms with E-state index in [1.807, 2.05) is 0 Å². The molecule has 0 aromatic heterocycles. The maximum atomic E-state index is 14.9. The Labute approximate surface area is 188 Å². The minimum absolute atomic E-state index is 0.0197. The number of halogens is 4. The predicted octanol–water partition coefficient (Wildman–Crippen LogP) is 9.14. The minimum Gasteiger partial charge on any atom is -0.203 e.